The molecule has 3 aromatic rings. The SMILES string of the molecule is Nn1c2cnccc2c2ccncc21. The molecule has 0 fully saturated rings. The van der Waals surface area contributed by atoms with Crippen LogP contribution in [0.15, 0.2) is 36.9 Å². The molecular formula is C10H8N4. The minimum atomic E-state index is 0.926. The molecule has 3 heterocycles. The van der Waals surface area contributed by atoms with Gasteiger partial charge < -0.3 is 5.84 Å². The van der Waals surface area contributed by atoms with Crippen LogP contribution in [0.4, 0.5) is 0 Å². The molecule has 0 aliphatic carbocycles. The molecule has 0 radical (unpaired) electrons. The second-order valence-corrected chi connectivity index (χ2v) is 3.16. The molecule has 0 atom stereocenters. The van der Waals surface area contributed by atoms with Gasteiger partial charge in [0.25, 0.3) is 0 Å². The Labute approximate surface area is 80.0 Å². The molecule has 4 nitrogen and oxygen atoms in total. The maximum atomic E-state index is 5.91. The third-order valence-corrected chi connectivity index (χ3v) is 2.41. The van der Waals surface area contributed by atoms with Crippen LogP contribution in [0.25, 0.3) is 21.8 Å². The highest BCUT2D eigenvalue weighted by Crippen LogP contribution is 2.24. The van der Waals surface area contributed by atoms with E-state index in [0.717, 1.165) is 21.8 Å². The molecular weight excluding hydrogens is 176 g/mol. The number of nitrogen functional groups attached to an aromatic ring is 1. The average Bonchev–Trinajstić information content (AvgIpc) is 2.55. The van der Waals surface area contributed by atoms with Gasteiger partial charge in [-0.2, -0.15) is 0 Å². The van der Waals surface area contributed by atoms with Gasteiger partial charge in [0.05, 0.1) is 23.4 Å². The Morgan fingerprint density at radius 1 is 0.929 bits per heavy atom. The van der Waals surface area contributed by atoms with Crippen molar-refractivity contribution < 1.29 is 0 Å². The zero-order valence-corrected chi connectivity index (χ0v) is 7.38. The summed E-state index contributed by atoms with van der Waals surface area (Å²) in [6.45, 7) is 0. The highest BCUT2D eigenvalue weighted by molar-refractivity contribution is 6.07. The van der Waals surface area contributed by atoms with Crippen LogP contribution in [0.3, 0.4) is 0 Å². The zero-order chi connectivity index (χ0) is 9.54. The summed E-state index contributed by atoms with van der Waals surface area (Å²) in [6, 6.07) is 3.92. The number of nitrogens with two attached hydrogens (primary N) is 1. The molecule has 0 aromatic carbocycles. The third-order valence-electron chi connectivity index (χ3n) is 2.41. The van der Waals surface area contributed by atoms with E-state index in [1.165, 1.54) is 0 Å². The molecule has 14 heavy (non-hydrogen) atoms. The van der Waals surface area contributed by atoms with Crippen molar-refractivity contribution in [3.05, 3.63) is 36.9 Å². The number of hydrogen-bond acceptors (Lipinski definition) is 3. The van der Waals surface area contributed by atoms with E-state index in [4.69, 9.17) is 5.84 Å². The quantitative estimate of drug-likeness (QED) is 0.536. The number of rotatable bonds is 0. The molecule has 0 aliphatic heterocycles. The number of fused-ring (bicyclic) bond motifs is 3. The summed E-state index contributed by atoms with van der Waals surface area (Å²) in [5.41, 5.74) is 1.85. The molecule has 68 valence electrons. The van der Waals surface area contributed by atoms with E-state index in [-0.39, 0.29) is 0 Å². The summed E-state index contributed by atoms with van der Waals surface area (Å²) in [5, 5.41) is 2.22. The molecule has 2 N–H and O–H groups in total. The Morgan fingerprint density at radius 3 is 1.93 bits per heavy atom. The lowest BCUT2D eigenvalue weighted by Crippen LogP contribution is -2.06. The van der Waals surface area contributed by atoms with Crippen LogP contribution >= 0.6 is 0 Å². The van der Waals surface area contributed by atoms with Gasteiger partial charge in [0.15, 0.2) is 0 Å². The van der Waals surface area contributed by atoms with Gasteiger partial charge in [-0.3, -0.25) is 14.6 Å². The summed E-state index contributed by atoms with van der Waals surface area (Å²) in [4.78, 5) is 8.10. The first-order valence-electron chi connectivity index (χ1n) is 4.31. The monoisotopic (exact) mass is 184 g/mol. The van der Waals surface area contributed by atoms with Crippen molar-refractivity contribution in [3.8, 4) is 0 Å². The number of aromatic nitrogens is 3. The van der Waals surface area contributed by atoms with Crippen molar-refractivity contribution in [1.29, 1.82) is 0 Å². The summed E-state index contributed by atoms with van der Waals surface area (Å²) >= 11 is 0. The van der Waals surface area contributed by atoms with Gasteiger partial charge in [-0.25, -0.2) is 0 Å². The molecule has 0 unspecified atom stereocenters. The lowest BCUT2D eigenvalue weighted by atomic mass is 10.2. The summed E-state index contributed by atoms with van der Waals surface area (Å²) in [5.74, 6) is 5.91. The van der Waals surface area contributed by atoms with E-state index >= 15 is 0 Å². The van der Waals surface area contributed by atoms with Crippen LogP contribution in [0.2, 0.25) is 0 Å². The average molecular weight is 184 g/mol. The Kier molecular flexibility index (Phi) is 1.28. The first kappa shape index (κ1) is 7.32. The largest absolute Gasteiger partial charge is 0.338 e. The number of pyridine rings is 2. The highest BCUT2D eigenvalue weighted by atomic mass is 15.3. The van der Waals surface area contributed by atoms with Crippen molar-refractivity contribution >= 4 is 21.8 Å². The standard InChI is InChI=1S/C10H8N4/c11-14-9-5-12-3-1-7(9)8-2-4-13-6-10(8)14/h1-6H,11H2. The second kappa shape index (κ2) is 2.45. The maximum absolute atomic E-state index is 5.91. The van der Waals surface area contributed by atoms with Crippen LogP contribution in [-0.2, 0) is 0 Å². The number of nitrogens with zero attached hydrogens (tertiary/aromatic N) is 3. The normalized spacial score (nSPS) is 11.1. The van der Waals surface area contributed by atoms with Gasteiger partial charge in [-0.1, -0.05) is 0 Å². The van der Waals surface area contributed by atoms with Crippen molar-refractivity contribution in [2.45, 2.75) is 0 Å². The molecule has 0 amide bonds. The van der Waals surface area contributed by atoms with Gasteiger partial charge in [-0.05, 0) is 12.1 Å². The summed E-state index contributed by atoms with van der Waals surface area (Å²) < 4.78 is 1.62. The van der Waals surface area contributed by atoms with E-state index in [2.05, 4.69) is 9.97 Å². The molecule has 0 saturated carbocycles. The molecule has 0 spiro atoms. The predicted octanol–water partition coefficient (Wildman–Crippen LogP) is 1.30. The van der Waals surface area contributed by atoms with Gasteiger partial charge in [0.2, 0.25) is 0 Å². The van der Waals surface area contributed by atoms with E-state index in [1.54, 1.807) is 29.5 Å². The Balaban J connectivity index is 2.69. The van der Waals surface area contributed by atoms with Crippen LogP contribution in [0.5, 0.6) is 0 Å². The smallest absolute Gasteiger partial charge is 0.0887 e. The highest BCUT2D eigenvalue weighted by Gasteiger charge is 2.06. The minimum Gasteiger partial charge on any atom is -0.338 e. The topological polar surface area (TPSA) is 56.7 Å². The van der Waals surface area contributed by atoms with Gasteiger partial charge >= 0.3 is 0 Å². The predicted molar refractivity (Wildman–Crippen MR) is 55.2 cm³/mol. The van der Waals surface area contributed by atoms with Crippen molar-refractivity contribution in [2.24, 2.45) is 0 Å². The summed E-state index contributed by atoms with van der Waals surface area (Å²) in [6.07, 6.45) is 7.05. The first-order chi connectivity index (χ1) is 6.88. The Bertz CT molecular complexity index is 558. The molecule has 3 rings (SSSR count). The Morgan fingerprint density at radius 2 is 1.43 bits per heavy atom. The fourth-order valence-corrected chi connectivity index (χ4v) is 1.74. The van der Waals surface area contributed by atoms with E-state index in [9.17, 15) is 0 Å². The van der Waals surface area contributed by atoms with E-state index in [0.29, 0.717) is 0 Å². The number of hydrogen-bond donors (Lipinski definition) is 1. The molecule has 4 heteroatoms. The summed E-state index contributed by atoms with van der Waals surface area (Å²) in [7, 11) is 0. The van der Waals surface area contributed by atoms with Crippen LogP contribution in [0, 0.1) is 0 Å². The fourth-order valence-electron chi connectivity index (χ4n) is 1.74. The van der Waals surface area contributed by atoms with Crippen LogP contribution in [0.1, 0.15) is 0 Å². The lowest BCUT2D eigenvalue weighted by molar-refractivity contribution is 1.10. The Hall–Kier alpha value is -2.10. The van der Waals surface area contributed by atoms with Crippen molar-refractivity contribution in [3.63, 3.8) is 0 Å². The van der Waals surface area contributed by atoms with Crippen LogP contribution < -0.4 is 5.84 Å². The van der Waals surface area contributed by atoms with Gasteiger partial charge in [0, 0.05) is 23.2 Å². The molecule has 0 aliphatic rings. The van der Waals surface area contributed by atoms with Crippen molar-refractivity contribution in [1.82, 2.24) is 14.6 Å². The lowest BCUT2D eigenvalue weighted by Gasteiger charge is -1.95. The third kappa shape index (κ3) is 0.771. The maximum Gasteiger partial charge on any atom is 0.0887 e. The molecule has 3 aromatic heterocycles. The van der Waals surface area contributed by atoms with Crippen LogP contribution in [-0.4, -0.2) is 14.6 Å². The molecule has 0 saturated heterocycles. The van der Waals surface area contributed by atoms with Crippen molar-refractivity contribution in [2.75, 3.05) is 5.84 Å². The van der Waals surface area contributed by atoms with E-state index < -0.39 is 0 Å². The van der Waals surface area contributed by atoms with Gasteiger partial charge in [-0.15, -0.1) is 0 Å². The first-order valence-corrected chi connectivity index (χ1v) is 4.31. The second-order valence-electron chi connectivity index (χ2n) is 3.16. The fraction of sp³-hybridized carbons (Fsp3) is 0. The molecule has 0 bridgehead atoms. The van der Waals surface area contributed by atoms with E-state index in [1.807, 2.05) is 12.1 Å². The van der Waals surface area contributed by atoms with Gasteiger partial charge in [0.1, 0.15) is 0 Å². The minimum absolute atomic E-state index is 0.926. The zero-order valence-electron chi connectivity index (χ0n) is 7.38.